The highest BCUT2D eigenvalue weighted by molar-refractivity contribution is 7.99. The summed E-state index contributed by atoms with van der Waals surface area (Å²) in [6.07, 6.45) is 4.90. The van der Waals surface area contributed by atoms with Gasteiger partial charge in [0.2, 0.25) is 0 Å². The molecule has 112 valence electrons. The zero-order valence-electron chi connectivity index (χ0n) is 11.6. The molecule has 1 aliphatic heterocycles. The van der Waals surface area contributed by atoms with Gasteiger partial charge in [-0.3, -0.25) is 0 Å². The number of likely N-dealkylation sites (tertiary alicyclic amines) is 1. The third kappa shape index (κ3) is 3.29. The lowest BCUT2D eigenvalue weighted by Gasteiger charge is -2.24. The molecule has 2 rings (SSSR count). The van der Waals surface area contributed by atoms with Crippen LogP contribution in [0.1, 0.15) is 19.3 Å². The van der Waals surface area contributed by atoms with E-state index in [9.17, 15) is 14.7 Å². The first-order valence-electron chi connectivity index (χ1n) is 7.11. The summed E-state index contributed by atoms with van der Waals surface area (Å²) in [6, 6.07) is -0.866. The molecule has 1 saturated carbocycles. The van der Waals surface area contributed by atoms with E-state index in [2.05, 4.69) is 11.9 Å². The molecule has 0 aromatic carbocycles. The molecule has 2 N–H and O–H groups in total. The Bertz CT molecular complexity index is 389. The summed E-state index contributed by atoms with van der Waals surface area (Å²) in [7, 11) is 0. The summed E-state index contributed by atoms with van der Waals surface area (Å²) in [5.41, 5.74) is 0. The minimum atomic E-state index is -0.865. The van der Waals surface area contributed by atoms with Crippen LogP contribution in [0.25, 0.3) is 0 Å². The fourth-order valence-corrected chi connectivity index (χ4v) is 3.91. The Morgan fingerprint density at radius 2 is 2.25 bits per heavy atom. The molecule has 2 amide bonds. The van der Waals surface area contributed by atoms with Crippen molar-refractivity contribution in [2.24, 2.45) is 11.8 Å². The second-order valence-corrected chi connectivity index (χ2v) is 6.54. The summed E-state index contributed by atoms with van der Waals surface area (Å²) in [4.78, 5) is 25.1. The minimum Gasteiger partial charge on any atom is -0.480 e. The number of aliphatic carboxylic acids is 1. The van der Waals surface area contributed by atoms with Crippen LogP contribution in [0.2, 0.25) is 0 Å². The molecule has 5 nitrogen and oxygen atoms in total. The molecule has 0 aromatic heterocycles. The first-order chi connectivity index (χ1) is 9.65. The molecule has 6 heteroatoms. The van der Waals surface area contributed by atoms with Crippen LogP contribution in [-0.2, 0) is 4.79 Å². The van der Waals surface area contributed by atoms with Crippen molar-refractivity contribution in [3.63, 3.8) is 0 Å². The Balaban J connectivity index is 1.85. The second-order valence-electron chi connectivity index (χ2n) is 5.39. The molecule has 0 aromatic rings. The highest BCUT2D eigenvalue weighted by Gasteiger charge is 2.49. The van der Waals surface area contributed by atoms with Gasteiger partial charge in [-0.05, 0) is 24.7 Å². The van der Waals surface area contributed by atoms with E-state index in [0.29, 0.717) is 19.0 Å². The third-order valence-electron chi connectivity index (χ3n) is 4.16. The number of carboxylic acids is 1. The maximum absolute atomic E-state index is 12.1. The molecule has 1 aliphatic carbocycles. The number of urea groups is 1. The molecule has 20 heavy (non-hydrogen) atoms. The smallest absolute Gasteiger partial charge is 0.326 e. The van der Waals surface area contributed by atoms with Gasteiger partial charge in [-0.25, -0.2) is 9.59 Å². The highest BCUT2D eigenvalue weighted by Crippen LogP contribution is 2.42. The predicted molar refractivity (Wildman–Crippen MR) is 79.9 cm³/mol. The Labute approximate surface area is 123 Å². The normalized spacial score (nSPS) is 28.2. The number of rotatable bonds is 6. The molecule has 2 fully saturated rings. The number of fused-ring (bicyclic) bond motifs is 1. The number of nitrogens with zero attached hydrogens (tertiary/aromatic N) is 1. The summed E-state index contributed by atoms with van der Waals surface area (Å²) >= 11 is 1.69. The van der Waals surface area contributed by atoms with Crippen LogP contribution in [-0.4, -0.2) is 52.6 Å². The number of amides is 2. The lowest BCUT2D eigenvalue weighted by Crippen LogP contribution is -2.48. The van der Waals surface area contributed by atoms with Crippen molar-refractivity contribution in [3.8, 4) is 0 Å². The van der Waals surface area contributed by atoms with Crippen molar-refractivity contribution in [1.29, 1.82) is 0 Å². The van der Waals surface area contributed by atoms with E-state index in [1.54, 1.807) is 11.8 Å². The van der Waals surface area contributed by atoms with Gasteiger partial charge >= 0.3 is 12.0 Å². The van der Waals surface area contributed by atoms with E-state index in [1.165, 1.54) is 4.90 Å². The van der Waals surface area contributed by atoms with Crippen molar-refractivity contribution >= 4 is 23.8 Å². The first kappa shape index (κ1) is 15.2. The summed E-state index contributed by atoms with van der Waals surface area (Å²) in [6.45, 7) is 4.79. The van der Waals surface area contributed by atoms with Gasteiger partial charge < -0.3 is 15.3 Å². The monoisotopic (exact) mass is 298 g/mol. The van der Waals surface area contributed by atoms with Gasteiger partial charge in [-0.15, -0.1) is 6.58 Å². The Morgan fingerprint density at radius 1 is 1.45 bits per heavy atom. The first-order valence-corrected chi connectivity index (χ1v) is 8.26. The fraction of sp³-hybridized carbons (Fsp3) is 0.714. The fourth-order valence-electron chi connectivity index (χ4n) is 3.33. The van der Waals surface area contributed by atoms with Crippen LogP contribution < -0.4 is 5.32 Å². The van der Waals surface area contributed by atoms with Gasteiger partial charge in [0.05, 0.1) is 0 Å². The maximum Gasteiger partial charge on any atom is 0.326 e. The largest absolute Gasteiger partial charge is 0.480 e. The van der Waals surface area contributed by atoms with Crippen LogP contribution >= 0.6 is 11.8 Å². The van der Waals surface area contributed by atoms with E-state index < -0.39 is 12.0 Å². The zero-order chi connectivity index (χ0) is 14.5. The summed E-state index contributed by atoms with van der Waals surface area (Å²) < 4.78 is 0. The van der Waals surface area contributed by atoms with E-state index in [4.69, 9.17) is 0 Å². The summed E-state index contributed by atoms with van der Waals surface area (Å²) in [5, 5.41) is 12.2. The average Bonchev–Trinajstić information content (AvgIpc) is 2.97. The van der Waals surface area contributed by atoms with Crippen molar-refractivity contribution in [2.45, 2.75) is 25.3 Å². The quantitative estimate of drug-likeness (QED) is 0.579. The topological polar surface area (TPSA) is 69.6 Å². The molecule has 1 heterocycles. The number of nitrogens with one attached hydrogen (secondary N) is 1. The minimum absolute atomic E-state index is 0.147. The Kier molecular flexibility index (Phi) is 5.34. The van der Waals surface area contributed by atoms with E-state index in [1.807, 2.05) is 6.08 Å². The van der Waals surface area contributed by atoms with Gasteiger partial charge in [-0.1, -0.05) is 12.5 Å². The number of hydrogen-bond donors (Lipinski definition) is 2. The van der Waals surface area contributed by atoms with Crippen LogP contribution in [0.3, 0.4) is 0 Å². The van der Waals surface area contributed by atoms with Gasteiger partial charge in [0.1, 0.15) is 6.04 Å². The number of carboxylic acid groups (broad SMARTS) is 1. The van der Waals surface area contributed by atoms with Crippen molar-refractivity contribution in [1.82, 2.24) is 10.2 Å². The predicted octanol–water partition coefficient (Wildman–Crippen LogP) is 1.80. The molecule has 0 radical (unpaired) electrons. The standard InChI is InChI=1S/C14H22N2O3S/c1-2-7-20-8-6-15-14(19)16-9-10-4-3-5-11(10)12(16)13(17)18/h2,10-12H,1,3-9H2,(H,15,19)(H,17,18). The van der Waals surface area contributed by atoms with Crippen LogP contribution in [0.15, 0.2) is 12.7 Å². The molecule has 0 bridgehead atoms. The van der Waals surface area contributed by atoms with E-state index in [-0.39, 0.29) is 11.9 Å². The Hall–Kier alpha value is -1.17. The van der Waals surface area contributed by atoms with E-state index >= 15 is 0 Å². The van der Waals surface area contributed by atoms with Crippen molar-refractivity contribution in [3.05, 3.63) is 12.7 Å². The molecule has 1 saturated heterocycles. The Morgan fingerprint density at radius 3 is 2.95 bits per heavy atom. The molecule has 3 unspecified atom stereocenters. The molecular weight excluding hydrogens is 276 g/mol. The number of hydrogen-bond acceptors (Lipinski definition) is 3. The summed E-state index contributed by atoms with van der Waals surface area (Å²) in [5.74, 6) is 1.33. The average molecular weight is 298 g/mol. The molecule has 3 atom stereocenters. The van der Waals surface area contributed by atoms with Crippen LogP contribution in [0, 0.1) is 11.8 Å². The SMILES string of the molecule is C=CCSCCNC(=O)N1CC2CCCC2C1C(=O)O. The molecular formula is C14H22N2O3S. The van der Waals surface area contributed by atoms with Gasteiger partial charge in [-0.2, -0.15) is 11.8 Å². The van der Waals surface area contributed by atoms with Crippen LogP contribution in [0.5, 0.6) is 0 Å². The second kappa shape index (κ2) is 7.02. The van der Waals surface area contributed by atoms with Gasteiger partial charge in [0.15, 0.2) is 0 Å². The van der Waals surface area contributed by atoms with Gasteiger partial charge in [0, 0.05) is 24.6 Å². The zero-order valence-corrected chi connectivity index (χ0v) is 12.4. The van der Waals surface area contributed by atoms with E-state index in [0.717, 1.165) is 30.8 Å². The maximum atomic E-state index is 12.1. The molecule has 2 aliphatic rings. The lowest BCUT2D eigenvalue weighted by atomic mass is 9.94. The third-order valence-corrected chi connectivity index (χ3v) is 5.13. The van der Waals surface area contributed by atoms with Crippen molar-refractivity contribution < 1.29 is 14.7 Å². The number of carbonyl (C=O) groups is 2. The molecule has 0 spiro atoms. The highest BCUT2D eigenvalue weighted by atomic mass is 32.2. The van der Waals surface area contributed by atoms with Gasteiger partial charge in [0.25, 0.3) is 0 Å². The number of carbonyl (C=O) groups excluding carboxylic acids is 1. The number of thioether (sulfide) groups is 1. The lowest BCUT2D eigenvalue weighted by molar-refractivity contribution is -0.142. The van der Waals surface area contributed by atoms with Crippen molar-refractivity contribution in [2.75, 3.05) is 24.6 Å². The van der Waals surface area contributed by atoms with Crippen LogP contribution in [0.4, 0.5) is 4.79 Å².